The number of amides is 1. The summed E-state index contributed by atoms with van der Waals surface area (Å²) in [4.78, 5) is 12.0. The van der Waals surface area contributed by atoms with Crippen LogP contribution in [0, 0.1) is 5.92 Å². The lowest BCUT2D eigenvalue weighted by Crippen LogP contribution is -2.41. The van der Waals surface area contributed by atoms with E-state index in [0.29, 0.717) is 25.1 Å². The van der Waals surface area contributed by atoms with E-state index in [4.69, 9.17) is 4.74 Å². The summed E-state index contributed by atoms with van der Waals surface area (Å²) < 4.78 is 5.50. The Hall–Kier alpha value is -2.33. The predicted octanol–water partition coefficient (Wildman–Crippen LogP) is 4.26. The minimum absolute atomic E-state index is 0.332. The molecule has 0 radical (unpaired) electrons. The zero-order valence-electron chi connectivity index (χ0n) is 15.2. The van der Waals surface area contributed by atoms with E-state index in [0.717, 1.165) is 24.9 Å². The Kier molecular flexibility index (Phi) is 7.08. The van der Waals surface area contributed by atoms with Crippen molar-refractivity contribution in [3.8, 4) is 0 Å². The minimum atomic E-state index is -0.332. The van der Waals surface area contributed by atoms with E-state index in [1.807, 2.05) is 36.4 Å². The van der Waals surface area contributed by atoms with Gasteiger partial charge in [-0.05, 0) is 24.0 Å². The molecule has 0 bridgehead atoms. The van der Waals surface area contributed by atoms with Crippen LogP contribution in [0.15, 0.2) is 60.7 Å². The average molecular weight is 352 g/mol. The number of carbonyl (C=O) groups is 1. The number of hydrogen-bond donors (Lipinski definition) is 2. The molecule has 2 atom stereocenters. The summed E-state index contributed by atoms with van der Waals surface area (Å²) in [7, 11) is 0. The van der Waals surface area contributed by atoms with Gasteiger partial charge in [0, 0.05) is 25.0 Å². The highest BCUT2D eigenvalue weighted by Crippen LogP contribution is 2.25. The van der Waals surface area contributed by atoms with Gasteiger partial charge in [0.05, 0.1) is 6.61 Å². The van der Waals surface area contributed by atoms with Gasteiger partial charge in [-0.1, -0.05) is 73.5 Å². The van der Waals surface area contributed by atoms with Crippen LogP contribution in [0.25, 0.3) is 0 Å². The van der Waals surface area contributed by atoms with Gasteiger partial charge in [0.25, 0.3) is 0 Å². The summed E-state index contributed by atoms with van der Waals surface area (Å²) in [6.45, 7) is 1.84. The Morgan fingerprint density at radius 2 is 1.50 bits per heavy atom. The van der Waals surface area contributed by atoms with Gasteiger partial charge < -0.3 is 15.4 Å². The molecule has 4 nitrogen and oxygen atoms in total. The molecule has 1 aliphatic carbocycles. The molecule has 0 spiro atoms. The topological polar surface area (TPSA) is 50.4 Å². The number of hydrogen-bond acceptors (Lipinski definition) is 3. The first kappa shape index (κ1) is 18.5. The SMILES string of the molecule is O=C(NCc1ccccc1)OCC1CCCCC1NCc1ccccc1. The second kappa shape index (κ2) is 9.97. The number of ether oxygens (including phenoxy) is 1. The first-order chi connectivity index (χ1) is 12.8. The number of benzene rings is 2. The summed E-state index contributed by atoms with van der Waals surface area (Å²) in [6.07, 6.45) is 4.37. The van der Waals surface area contributed by atoms with Crippen molar-refractivity contribution in [2.45, 2.75) is 44.8 Å². The molecule has 2 N–H and O–H groups in total. The second-order valence-electron chi connectivity index (χ2n) is 6.96. The number of alkyl carbamates (subject to hydrolysis) is 1. The molecule has 0 aromatic heterocycles. The highest BCUT2D eigenvalue weighted by Gasteiger charge is 2.25. The van der Waals surface area contributed by atoms with Crippen molar-refractivity contribution in [1.29, 1.82) is 0 Å². The Balaban J connectivity index is 1.42. The molecule has 2 unspecified atom stereocenters. The maximum absolute atomic E-state index is 12.0. The third kappa shape index (κ3) is 5.88. The van der Waals surface area contributed by atoms with E-state index < -0.39 is 0 Å². The van der Waals surface area contributed by atoms with Crippen molar-refractivity contribution in [3.05, 3.63) is 71.8 Å². The molecule has 2 aromatic carbocycles. The van der Waals surface area contributed by atoms with Gasteiger partial charge in [0.15, 0.2) is 0 Å². The highest BCUT2D eigenvalue weighted by atomic mass is 16.5. The van der Waals surface area contributed by atoms with Crippen LogP contribution in [-0.4, -0.2) is 18.7 Å². The van der Waals surface area contributed by atoms with Crippen LogP contribution >= 0.6 is 0 Å². The molecular formula is C22H28N2O2. The van der Waals surface area contributed by atoms with E-state index in [2.05, 4.69) is 34.9 Å². The van der Waals surface area contributed by atoms with Gasteiger partial charge in [0.2, 0.25) is 0 Å². The van der Waals surface area contributed by atoms with Crippen molar-refractivity contribution < 1.29 is 9.53 Å². The van der Waals surface area contributed by atoms with E-state index in [9.17, 15) is 4.79 Å². The van der Waals surface area contributed by atoms with E-state index in [-0.39, 0.29) is 6.09 Å². The van der Waals surface area contributed by atoms with Gasteiger partial charge in [-0.15, -0.1) is 0 Å². The number of nitrogens with one attached hydrogen (secondary N) is 2. The first-order valence-electron chi connectivity index (χ1n) is 9.53. The maximum atomic E-state index is 12.0. The van der Waals surface area contributed by atoms with Crippen LogP contribution in [0.5, 0.6) is 0 Å². The van der Waals surface area contributed by atoms with Crippen molar-refractivity contribution in [2.24, 2.45) is 5.92 Å². The van der Waals surface area contributed by atoms with Crippen molar-refractivity contribution in [3.63, 3.8) is 0 Å². The highest BCUT2D eigenvalue weighted by molar-refractivity contribution is 5.67. The smallest absolute Gasteiger partial charge is 0.407 e. The molecule has 0 heterocycles. The molecular weight excluding hydrogens is 324 g/mol. The Labute approximate surface area is 156 Å². The molecule has 138 valence electrons. The molecule has 0 saturated heterocycles. The van der Waals surface area contributed by atoms with Crippen LogP contribution in [0.1, 0.15) is 36.8 Å². The molecule has 4 heteroatoms. The zero-order valence-corrected chi connectivity index (χ0v) is 15.2. The molecule has 1 amide bonds. The predicted molar refractivity (Wildman–Crippen MR) is 104 cm³/mol. The molecule has 3 rings (SSSR count). The largest absolute Gasteiger partial charge is 0.449 e. The van der Waals surface area contributed by atoms with E-state index >= 15 is 0 Å². The van der Waals surface area contributed by atoms with Gasteiger partial charge in [-0.2, -0.15) is 0 Å². The van der Waals surface area contributed by atoms with Crippen LogP contribution in [0.4, 0.5) is 4.79 Å². The fourth-order valence-electron chi connectivity index (χ4n) is 3.52. The lowest BCUT2D eigenvalue weighted by atomic mass is 9.85. The summed E-state index contributed by atoms with van der Waals surface area (Å²) in [5.41, 5.74) is 2.36. The van der Waals surface area contributed by atoms with Crippen molar-refractivity contribution >= 4 is 6.09 Å². The van der Waals surface area contributed by atoms with E-state index in [1.165, 1.54) is 18.4 Å². The fraction of sp³-hybridized carbons (Fsp3) is 0.409. The minimum Gasteiger partial charge on any atom is -0.449 e. The second-order valence-corrected chi connectivity index (χ2v) is 6.96. The lowest BCUT2D eigenvalue weighted by molar-refractivity contribution is 0.101. The monoisotopic (exact) mass is 352 g/mol. The third-order valence-corrected chi connectivity index (χ3v) is 5.03. The molecule has 1 fully saturated rings. The van der Waals surface area contributed by atoms with E-state index in [1.54, 1.807) is 0 Å². The molecule has 2 aromatic rings. The van der Waals surface area contributed by atoms with Crippen LogP contribution in [0.3, 0.4) is 0 Å². The zero-order chi connectivity index (χ0) is 18.0. The third-order valence-electron chi connectivity index (χ3n) is 5.03. The quantitative estimate of drug-likeness (QED) is 0.783. The van der Waals surface area contributed by atoms with Crippen LogP contribution in [-0.2, 0) is 17.8 Å². The molecule has 0 aliphatic heterocycles. The number of rotatable bonds is 7. The summed E-state index contributed by atoms with van der Waals surface area (Å²) >= 11 is 0. The van der Waals surface area contributed by atoms with Crippen molar-refractivity contribution in [2.75, 3.05) is 6.61 Å². The number of carbonyl (C=O) groups excluding carboxylic acids is 1. The lowest BCUT2D eigenvalue weighted by Gasteiger charge is -2.32. The van der Waals surface area contributed by atoms with Gasteiger partial charge >= 0.3 is 6.09 Å². The van der Waals surface area contributed by atoms with Gasteiger partial charge in [-0.25, -0.2) is 4.79 Å². The molecule has 1 saturated carbocycles. The average Bonchev–Trinajstić information content (AvgIpc) is 2.71. The Morgan fingerprint density at radius 3 is 2.19 bits per heavy atom. The standard InChI is InChI=1S/C22H28N2O2/c25-22(24-16-19-11-5-2-6-12-19)26-17-20-13-7-8-14-21(20)23-15-18-9-3-1-4-10-18/h1-6,9-12,20-21,23H,7-8,13-17H2,(H,24,25). The maximum Gasteiger partial charge on any atom is 0.407 e. The summed E-state index contributed by atoms with van der Waals surface area (Å²) in [5.74, 6) is 0.384. The fourth-order valence-corrected chi connectivity index (χ4v) is 3.52. The molecule has 26 heavy (non-hydrogen) atoms. The van der Waals surface area contributed by atoms with Crippen molar-refractivity contribution in [1.82, 2.24) is 10.6 Å². The van der Waals surface area contributed by atoms with Gasteiger partial charge in [0.1, 0.15) is 0 Å². The Morgan fingerprint density at radius 1 is 0.885 bits per heavy atom. The normalized spacial score (nSPS) is 19.7. The van der Waals surface area contributed by atoms with Crippen LogP contribution in [0.2, 0.25) is 0 Å². The Bertz CT molecular complexity index is 660. The molecule has 1 aliphatic rings. The first-order valence-corrected chi connectivity index (χ1v) is 9.53. The summed E-state index contributed by atoms with van der Waals surface area (Å²) in [5, 5.41) is 6.49. The summed E-state index contributed by atoms with van der Waals surface area (Å²) in [6, 6.07) is 20.7. The van der Waals surface area contributed by atoms with Gasteiger partial charge in [-0.3, -0.25) is 0 Å². The van der Waals surface area contributed by atoms with Crippen LogP contribution < -0.4 is 10.6 Å².